The number of hydrogen-bond donors (Lipinski definition) is 0. The Hall–Kier alpha value is -0.410. The monoisotopic (exact) mass is 287 g/mol. The summed E-state index contributed by atoms with van der Waals surface area (Å²) in [4.78, 5) is 2.15. The summed E-state index contributed by atoms with van der Waals surface area (Å²) in [5.41, 5.74) is 0.982. The third-order valence-electron chi connectivity index (χ3n) is 2.20. The molecule has 16 heavy (non-hydrogen) atoms. The molecule has 0 radical (unpaired) electrons. The van der Waals surface area contributed by atoms with Crippen LogP contribution in [0.15, 0.2) is 22.7 Å². The quantitative estimate of drug-likeness (QED) is 0.810. The Kier molecular flexibility index (Phi) is 4.51. The molecule has 1 nitrogen and oxygen atoms in total. The van der Waals surface area contributed by atoms with Crippen LogP contribution in [0.25, 0.3) is 0 Å². The predicted molar refractivity (Wildman–Crippen MR) is 69.9 cm³/mol. The van der Waals surface area contributed by atoms with Crippen molar-refractivity contribution in [3.05, 3.63) is 34.1 Å². The van der Waals surface area contributed by atoms with Gasteiger partial charge < -0.3 is 4.90 Å². The molecule has 1 aromatic rings. The lowest BCUT2D eigenvalue weighted by Gasteiger charge is -2.26. The Morgan fingerprint density at radius 2 is 1.94 bits per heavy atom. The Labute approximate surface area is 106 Å². The van der Waals surface area contributed by atoms with Crippen LogP contribution < -0.4 is 0 Å². The average molecular weight is 288 g/mol. The van der Waals surface area contributed by atoms with Crippen molar-refractivity contribution in [2.45, 2.75) is 27.3 Å². The van der Waals surface area contributed by atoms with Gasteiger partial charge in [-0.05, 0) is 24.6 Å². The van der Waals surface area contributed by atoms with Gasteiger partial charge >= 0.3 is 0 Å². The fourth-order valence-corrected chi connectivity index (χ4v) is 2.14. The van der Waals surface area contributed by atoms with E-state index in [1.165, 1.54) is 6.07 Å². The second kappa shape index (κ2) is 5.28. The van der Waals surface area contributed by atoms with Gasteiger partial charge in [-0.25, -0.2) is 4.39 Å². The van der Waals surface area contributed by atoms with Crippen molar-refractivity contribution in [3.63, 3.8) is 0 Å². The molecule has 0 bridgehead atoms. The molecule has 0 unspecified atom stereocenters. The molecule has 1 rings (SSSR count). The Morgan fingerprint density at radius 3 is 2.44 bits per heavy atom. The van der Waals surface area contributed by atoms with Gasteiger partial charge in [-0.15, -0.1) is 0 Å². The summed E-state index contributed by atoms with van der Waals surface area (Å²) in [6.07, 6.45) is 0. The smallest absolute Gasteiger partial charge is 0.128 e. The summed E-state index contributed by atoms with van der Waals surface area (Å²) in [5.74, 6) is -0.143. The van der Waals surface area contributed by atoms with E-state index in [1.54, 1.807) is 0 Å². The lowest BCUT2D eigenvalue weighted by Crippen LogP contribution is -2.29. The molecular weight excluding hydrogens is 269 g/mol. The average Bonchev–Trinajstić information content (AvgIpc) is 2.06. The number of hydrogen-bond acceptors (Lipinski definition) is 1. The Morgan fingerprint density at radius 1 is 1.31 bits per heavy atom. The van der Waals surface area contributed by atoms with E-state index in [9.17, 15) is 4.39 Å². The fourth-order valence-electron chi connectivity index (χ4n) is 1.81. The van der Waals surface area contributed by atoms with Gasteiger partial charge in [0.15, 0.2) is 0 Å². The zero-order valence-electron chi connectivity index (χ0n) is 10.3. The summed E-state index contributed by atoms with van der Waals surface area (Å²) in [5, 5.41) is 0. The van der Waals surface area contributed by atoms with Crippen molar-refractivity contribution < 1.29 is 4.39 Å². The minimum absolute atomic E-state index is 0.143. The third-order valence-corrected chi connectivity index (χ3v) is 2.69. The molecule has 0 atom stereocenters. The molecule has 90 valence electrons. The van der Waals surface area contributed by atoms with Gasteiger partial charge in [-0.1, -0.05) is 42.8 Å². The molecule has 0 aromatic heterocycles. The lowest BCUT2D eigenvalue weighted by molar-refractivity contribution is 0.218. The standard InChI is InChI=1S/C13H19BrFN/c1-13(2,3)9-16(4)8-10-5-6-11(14)7-12(10)15/h5-7H,8-9H2,1-4H3. The van der Waals surface area contributed by atoms with Crippen LogP contribution in [0.2, 0.25) is 0 Å². The van der Waals surface area contributed by atoms with Gasteiger partial charge in [0.05, 0.1) is 0 Å². The molecule has 0 heterocycles. The lowest BCUT2D eigenvalue weighted by atomic mass is 9.96. The van der Waals surface area contributed by atoms with Crippen molar-refractivity contribution in [1.82, 2.24) is 4.90 Å². The normalized spacial score (nSPS) is 12.2. The van der Waals surface area contributed by atoms with Crippen molar-refractivity contribution >= 4 is 15.9 Å². The molecule has 0 saturated heterocycles. The van der Waals surface area contributed by atoms with Crippen molar-refractivity contribution in [2.75, 3.05) is 13.6 Å². The first kappa shape index (κ1) is 13.7. The highest BCUT2D eigenvalue weighted by Gasteiger charge is 2.14. The van der Waals surface area contributed by atoms with E-state index in [4.69, 9.17) is 0 Å². The molecule has 1 aromatic carbocycles. The molecule has 0 spiro atoms. The highest BCUT2D eigenvalue weighted by molar-refractivity contribution is 9.10. The maximum atomic E-state index is 13.6. The van der Waals surface area contributed by atoms with Crippen LogP contribution in [0.1, 0.15) is 26.3 Å². The molecule has 0 aliphatic rings. The fraction of sp³-hybridized carbons (Fsp3) is 0.538. The van der Waals surface area contributed by atoms with Gasteiger partial charge in [-0.2, -0.15) is 0 Å². The summed E-state index contributed by atoms with van der Waals surface area (Å²) >= 11 is 3.26. The van der Waals surface area contributed by atoms with Crippen LogP contribution >= 0.6 is 15.9 Å². The molecule has 0 saturated carbocycles. The second-order valence-corrected chi connectivity index (χ2v) is 6.38. The van der Waals surface area contributed by atoms with Gasteiger partial charge in [0, 0.05) is 23.1 Å². The summed E-state index contributed by atoms with van der Waals surface area (Å²) < 4.78 is 14.4. The Bertz CT molecular complexity index is 357. The predicted octanol–water partition coefficient (Wildman–Crippen LogP) is 4.07. The van der Waals surface area contributed by atoms with E-state index >= 15 is 0 Å². The minimum Gasteiger partial charge on any atom is -0.301 e. The van der Waals surface area contributed by atoms with E-state index in [0.717, 1.165) is 16.6 Å². The van der Waals surface area contributed by atoms with E-state index in [-0.39, 0.29) is 11.2 Å². The summed E-state index contributed by atoms with van der Waals surface area (Å²) in [6, 6.07) is 5.22. The van der Waals surface area contributed by atoms with E-state index < -0.39 is 0 Å². The largest absolute Gasteiger partial charge is 0.301 e. The molecule has 0 fully saturated rings. The molecular formula is C13H19BrFN. The summed E-state index contributed by atoms with van der Waals surface area (Å²) in [7, 11) is 2.02. The van der Waals surface area contributed by atoms with Crippen molar-refractivity contribution in [1.29, 1.82) is 0 Å². The molecule has 0 amide bonds. The summed E-state index contributed by atoms with van der Waals surface area (Å²) in [6.45, 7) is 8.14. The first-order chi connectivity index (χ1) is 7.28. The van der Waals surface area contributed by atoms with Gasteiger partial charge in [0.25, 0.3) is 0 Å². The van der Waals surface area contributed by atoms with Crippen molar-refractivity contribution in [3.8, 4) is 0 Å². The molecule has 3 heteroatoms. The van der Waals surface area contributed by atoms with Crippen LogP contribution in [0.5, 0.6) is 0 Å². The van der Waals surface area contributed by atoms with Gasteiger partial charge in [0.2, 0.25) is 0 Å². The zero-order chi connectivity index (χ0) is 12.3. The topological polar surface area (TPSA) is 3.24 Å². The van der Waals surface area contributed by atoms with Gasteiger partial charge in [-0.3, -0.25) is 0 Å². The molecule has 0 aliphatic carbocycles. The Balaban J connectivity index is 2.66. The maximum Gasteiger partial charge on any atom is 0.128 e. The first-order valence-corrected chi connectivity index (χ1v) is 6.20. The number of rotatable bonds is 3. The third kappa shape index (κ3) is 4.62. The maximum absolute atomic E-state index is 13.6. The van der Waals surface area contributed by atoms with Crippen LogP contribution in [-0.2, 0) is 6.54 Å². The molecule has 0 aliphatic heterocycles. The van der Waals surface area contributed by atoms with E-state index in [2.05, 4.69) is 41.6 Å². The van der Waals surface area contributed by atoms with E-state index in [1.807, 2.05) is 19.2 Å². The molecule has 0 N–H and O–H groups in total. The minimum atomic E-state index is -0.143. The van der Waals surface area contributed by atoms with Crippen LogP contribution in [-0.4, -0.2) is 18.5 Å². The van der Waals surface area contributed by atoms with Crippen LogP contribution in [0.3, 0.4) is 0 Å². The van der Waals surface area contributed by atoms with E-state index in [0.29, 0.717) is 6.54 Å². The van der Waals surface area contributed by atoms with Crippen molar-refractivity contribution in [2.24, 2.45) is 5.41 Å². The second-order valence-electron chi connectivity index (χ2n) is 5.47. The van der Waals surface area contributed by atoms with Crippen LogP contribution in [0.4, 0.5) is 4.39 Å². The number of benzene rings is 1. The first-order valence-electron chi connectivity index (χ1n) is 5.40. The number of halogens is 2. The van der Waals surface area contributed by atoms with Crippen LogP contribution in [0, 0.1) is 11.2 Å². The SMILES string of the molecule is CN(Cc1ccc(Br)cc1F)CC(C)(C)C. The highest BCUT2D eigenvalue weighted by atomic mass is 79.9. The number of nitrogens with zero attached hydrogens (tertiary/aromatic N) is 1. The highest BCUT2D eigenvalue weighted by Crippen LogP contribution is 2.19. The zero-order valence-corrected chi connectivity index (χ0v) is 11.9. The van der Waals surface area contributed by atoms with Gasteiger partial charge in [0.1, 0.15) is 5.82 Å².